The van der Waals surface area contributed by atoms with Crippen LogP contribution >= 0.6 is 23.2 Å². The summed E-state index contributed by atoms with van der Waals surface area (Å²) in [4.78, 5) is 42.1. The summed E-state index contributed by atoms with van der Waals surface area (Å²) >= 11 is 12.0. The topological polar surface area (TPSA) is 84.2 Å². The van der Waals surface area contributed by atoms with Gasteiger partial charge < -0.3 is 9.80 Å². The number of halogens is 2. The fraction of sp³-hybridized carbons (Fsp3) is 0.286. The minimum Gasteiger partial charge on any atom is -0.336 e. The number of piperazine rings is 1. The largest absolute Gasteiger partial charge is 0.336 e. The quantitative estimate of drug-likeness (QED) is 0.599. The van der Waals surface area contributed by atoms with Gasteiger partial charge in [-0.3, -0.25) is 14.2 Å². The van der Waals surface area contributed by atoms with Gasteiger partial charge in [-0.15, -0.1) is 0 Å². The summed E-state index contributed by atoms with van der Waals surface area (Å²) in [6.45, 7) is 3.49. The lowest BCUT2D eigenvalue weighted by Gasteiger charge is -2.41. The second-order valence-electron chi connectivity index (χ2n) is 7.36. The summed E-state index contributed by atoms with van der Waals surface area (Å²) in [7, 11) is 1.69. The minimum absolute atomic E-state index is 0.0563. The highest BCUT2D eigenvalue weighted by atomic mass is 35.5. The Balaban J connectivity index is 1.58. The van der Waals surface area contributed by atoms with Crippen molar-refractivity contribution in [3.8, 4) is 11.4 Å². The fourth-order valence-electron chi connectivity index (χ4n) is 3.61. The van der Waals surface area contributed by atoms with E-state index in [-0.39, 0.29) is 17.5 Å². The molecule has 3 heterocycles. The zero-order valence-electron chi connectivity index (χ0n) is 17.0. The maximum absolute atomic E-state index is 12.9. The van der Waals surface area contributed by atoms with Gasteiger partial charge in [-0.1, -0.05) is 23.2 Å². The van der Waals surface area contributed by atoms with Crippen molar-refractivity contribution < 1.29 is 4.79 Å². The molecule has 4 rings (SSSR count). The van der Waals surface area contributed by atoms with Crippen molar-refractivity contribution in [3.63, 3.8) is 0 Å². The summed E-state index contributed by atoms with van der Waals surface area (Å²) in [5, 5.41) is 0.756. The lowest BCUT2D eigenvalue weighted by Crippen LogP contribution is -2.55. The van der Waals surface area contributed by atoms with Crippen LogP contribution in [0.4, 0.5) is 5.95 Å². The molecule has 1 atom stereocenters. The molecule has 1 saturated heterocycles. The molecule has 1 amide bonds. The Labute approximate surface area is 189 Å². The van der Waals surface area contributed by atoms with E-state index >= 15 is 0 Å². The molecule has 1 fully saturated rings. The molecule has 2 aromatic heterocycles. The van der Waals surface area contributed by atoms with Gasteiger partial charge in [-0.2, -0.15) is 0 Å². The molecule has 8 nitrogen and oxygen atoms in total. The van der Waals surface area contributed by atoms with E-state index in [4.69, 9.17) is 23.2 Å². The lowest BCUT2D eigenvalue weighted by atomic mass is 10.1. The number of hydrogen-bond donors (Lipinski definition) is 0. The molecule has 0 spiro atoms. The van der Waals surface area contributed by atoms with Crippen LogP contribution in [0.2, 0.25) is 10.0 Å². The number of aromatic nitrogens is 4. The van der Waals surface area contributed by atoms with Crippen LogP contribution in [0.25, 0.3) is 11.4 Å². The highest BCUT2D eigenvalue weighted by Crippen LogP contribution is 2.25. The highest BCUT2D eigenvalue weighted by Gasteiger charge is 2.30. The molecule has 31 heavy (non-hydrogen) atoms. The monoisotopic (exact) mass is 458 g/mol. The van der Waals surface area contributed by atoms with Crippen LogP contribution in [-0.4, -0.2) is 56.0 Å². The molecule has 0 bridgehead atoms. The van der Waals surface area contributed by atoms with Gasteiger partial charge in [0, 0.05) is 50.6 Å². The summed E-state index contributed by atoms with van der Waals surface area (Å²) in [6, 6.07) is 7.99. The molecule has 3 aromatic rings. The number of rotatable bonds is 3. The first kappa shape index (κ1) is 21.3. The minimum atomic E-state index is -0.180. The highest BCUT2D eigenvalue weighted by molar-refractivity contribution is 6.42. The van der Waals surface area contributed by atoms with Gasteiger partial charge in [-0.25, -0.2) is 15.0 Å². The molecule has 10 heteroatoms. The number of nitrogens with zero attached hydrogens (tertiary/aromatic N) is 6. The Morgan fingerprint density at radius 2 is 1.90 bits per heavy atom. The van der Waals surface area contributed by atoms with E-state index in [9.17, 15) is 9.59 Å². The number of anilines is 1. The predicted octanol–water partition coefficient (Wildman–Crippen LogP) is 2.90. The van der Waals surface area contributed by atoms with Crippen molar-refractivity contribution in [1.29, 1.82) is 0 Å². The van der Waals surface area contributed by atoms with Gasteiger partial charge in [-0.05, 0) is 31.2 Å². The summed E-state index contributed by atoms with van der Waals surface area (Å²) < 4.78 is 1.51. The maximum atomic E-state index is 12.9. The molecule has 0 N–H and O–H groups in total. The van der Waals surface area contributed by atoms with Crippen LogP contribution in [-0.2, 0) is 7.05 Å². The van der Waals surface area contributed by atoms with Gasteiger partial charge in [0.2, 0.25) is 5.95 Å². The maximum Gasteiger partial charge on any atom is 0.255 e. The molecule has 0 aliphatic carbocycles. The van der Waals surface area contributed by atoms with Crippen molar-refractivity contribution >= 4 is 35.1 Å². The van der Waals surface area contributed by atoms with Crippen molar-refractivity contribution in [2.45, 2.75) is 13.0 Å². The predicted molar refractivity (Wildman–Crippen MR) is 120 cm³/mol. The van der Waals surface area contributed by atoms with E-state index in [0.717, 1.165) is 0 Å². The SMILES string of the molecule is C[C@@H]1CN(C(=O)c2ccc(Cl)c(Cl)c2)CCN1c1nc(-c2ccncn2)cc(=O)n1C. The smallest absolute Gasteiger partial charge is 0.255 e. The fourth-order valence-corrected chi connectivity index (χ4v) is 3.91. The zero-order valence-corrected chi connectivity index (χ0v) is 18.5. The molecule has 0 saturated carbocycles. The van der Waals surface area contributed by atoms with Gasteiger partial charge in [0.1, 0.15) is 6.33 Å². The van der Waals surface area contributed by atoms with Crippen LogP contribution in [0.1, 0.15) is 17.3 Å². The van der Waals surface area contributed by atoms with Crippen molar-refractivity contribution in [3.05, 3.63) is 68.8 Å². The zero-order chi connectivity index (χ0) is 22.1. The number of benzene rings is 1. The lowest BCUT2D eigenvalue weighted by molar-refractivity contribution is 0.0725. The van der Waals surface area contributed by atoms with E-state index in [1.54, 1.807) is 42.4 Å². The van der Waals surface area contributed by atoms with E-state index in [1.165, 1.54) is 17.0 Å². The van der Waals surface area contributed by atoms with Crippen LogP contribution in [0.5, 0.6) is 0 Å². The molecule has 1 aliphatic heterocycles. The molecule has 160 valence electrons. The Kier molecular flexibility index (Phi) is 5.93. The van der Waals surface area contributed by atoms with E-state index < -0.39 is 0 Å². The third kappa shape index (κ3) is 4.26. The molecular weight excluding hydrogens is 439 g/mol. The first-order valence-electron chi connectivity index (χ1n) is 9.70. The van der Waals surface area contributed by atoms with E-state index in [2.05, 4.69) is 15.0 Å². The van der Waals surface area contributed by atoms with Crippen molar-refractivity contribution in [2.75, 3.05) is 24.5 Å². The Morgan fingerprint density at radius 1 is 1.10 bits per heavy atom. The molecule has 0 radical (unpaired) electrons. The third-order valence-corrected chi connectivity index (χ3v) is 6.03. The number of carbonyl (C=O) groups is 1. The Hall–Kier alpha value is -2.97. The van der Waals surface area contributed by atoms with Crippen molar-refractivity contribution in [2.24, 2.45) is 7.05 Å². The first-order chi connectivity index (χ1) is 14.8. The van der Waals surface area contributed by atoms with E-state index in [1.807, 2.05) is 11.8 Å². The molecular formula is C21H20Cl2N6O2. The number of hydrogen-bond acceptors (Lipinski definition) is 6. The molecule has 1 aliphatic rings. The average Bonchev–Trinajstić information content (AvgIpc) is 2.77. The average molecular weight is 459 g/mol. The van der Waals surface area contributed by atoms with Gasteiger partial charge >= 0.3 is 0 Å². The van der Waals surface area contributed by atoms with Crippen LogP contribution < -0.4 is 10.5 Å². The summed E-state index contributed by atoms with van der Waals surface area (Å²) in [6.07, 6.45) is 3.03. The van der Waals surface area contributed by atoms with Crippen LogP contribution in [0.3, 0.4) is 0 Å². The Morgan fingerprint density at radius 3 is 2.58 bits per heavy atom. The molecule has 1 aromatic carbocycles. The number of amides is 1. The van der Waals surface area contributed by atoms with Gasteiger partial charge in [0.15, 0.2) is 0 Å². The first-order valence-corrected chi connectivity index (χ1v) is 10.5. The standard InChI is InChI=1S/C21H20Cl2N6O2/c1-13-11-28(20(31)14-3-4-15(22)16(23)9-14)7-8-29(13)21-26-18(10-19(30)27(21)2)17-5-6-24-12-25-17/h3-6,9-10,12-13H,7-8,11H2,1-2H3/t13-/m1/s1. The number of carbonyl (C=O) groups excluding carboxylic acids is 1. The van der Waals surface area contributed by atoms with Gasteiger partial charge in [0.25, 0.3) is 11.5 Å². The normalized spacial score (nSPS) is 16.5. The molecule has 0 unspecified atom stereocenters. The summed E-state index contributed by atoms with van der Waals surface area (Å²) in [5.41, 5.74) is 1.38. The second-order valence-corrected chi connectivity index (χ2v) is 8.17. The van der Waals surface area contributed by atoms with Crippen LogP contribution in [0.15, 0.2) is 47.7 Å². The summed E-state index contributed by atoms with van der Waals surface area (Å²) in [5.74, 6) is 0.428. The van der Waals surface area contributed by atoms with Crippen molar-refractivity contribution in [1.82, 2.24) is 24.4 Å². The Bertz CT molecular complexity index is 1180. The van der Waals surface area contributed by atoms with Crippen LogP contribution in [0, 0.1) is 0 Å². The second kappa shape index (κ2) is 8.64. The van der Waals surface area contributed by atoms with E-state index in [0.29, 0.717) is 52.6 Å². The van der Waals surface area contributed by atoms with Gasteiger partial charge in [0.05, 0.1) is 21.4 Å². The third-order valence-electron chi connectivity index (χ3n) is 5.29.